The highest BCUT2D eigenvalue weighted by Crippen LogP contribution is 2.32. The van der Waals surface area contributed by atoms with Crippen LogP contribution in [0.2, 0.25) is 10.0 Å². The summed E-state index contributed by atoms with van der Waals surface area (Å²) >= 11 is 12.1. The molecule has 19 heavy (non-hydrogen) atoms. The molecule has 0 fully saturated rings. The van der Waals surface area contributed by atoms with Crippen molar-refractivity contribution in [1.82, 2.24) is 4.98 Å². The van der Waals surface area contributed by atoms with Gasteiger partial charge in [-0.05, 0) is 24.3 Å². The fourth-order valence-electron chi connectivity index (χ4n) is 1.65. The van der Waals surface area contributed by atoms with Crippen LogP contribution in [-0.2, 0) is 4.74 Å². The highest BCUT2D eigenvalue weighted by Gasteiger charge is 2.14. The second-order valence-corrected chi connectivity index (χ2v) is 4.52. The number of halogens is 2. The lowest BCUT2D eigenvalue weighted by atomic mass is 10.1. The Kier molecular flexibility index (Phi) is 3.93. The molecular weight excluding hydrogens is 289 g/mol. The summed E-state index contributed by atoms with van der Waals surface area (Å²) in [6.45, 7) is 0. The van der Waals surface area contributed by atoms with Gasteiger partial charge in [-0.1, -0.05) is 29.3 Å². The van der Waals surface area contributed by atoms with E-state index in [-0.39, 0.29) is 5.69 Å². The Morgan fingerprint density at radius 3 is 2.32 bits per heavy atom. The van der Waals surface area contributed by atoms with Gasteiger partial charge in [0.2, 0.25) is 0 Å². The summed E-state index contributed by atoms with van der Waals surface area (Å²) in [6, 6.07) is 7.89. The number of H-pyrrole nitrogens is 1. The number of carbonyl (C=O) groups excluding carboxylic acids is 1. The molecule has 0 aliphatic rings. The molecule has 2 rings (SSSR count). The van der Waals surface area contributed by atoms with Crippen LogP contribution in [0, 0.1) is 0 Å². The number of aromatic amines is 1. The van der Waals surface area contributed by atoms with Crippen molar-refractivity contribution in [2.24, 2.45) is 0 Å². The summed E-state index contributed by atoms with van der Waals surface area (Å²) in [4.78, 5) is 25.7. The molecule has 2 aromatic rings. The number of benzene rings is 1. The van der Waals surface area contributed by atoms with Crippen LogP contribution >= 0.6 is 23.2 Å². The van der Waals surface area contributed by atoms with Gasteiger partial charge in [0, 0.05) is 11.1 Å². The molecule has 6 heteroatoms. The van der Waals surface area contributed by atoms with Gasteiger partial charge in [0.1, 0.15) is 5.69 Å². The van der Waals surface area contributed by atoms with Crippen molar-refractivity contribution >= 4 is 29.2 Å². The van der Waals surface area contributed by atoms with Gasteiger partial charge < -0.3 is 9.72 Å². The lowest BCUT2D eigenvalue weighted by Gasteiger charge is -2.07. The first-order valence-corrected chi connectivity index (χ1v) is 6.06. The first kappa shape index (κ1) is 13.6. The molecule has 1 N–H and O–H groups in total. The maximum atomic E-state index is 12.0. The number of methoxy groups -OCH3 is 1. The molecule has 1 heterocycles. The molecule has 1 aromatic heterocycles. The minimum absolute atomic E-state index is 0.0689. The predicted octanol–water partition coefficient (Wildman–Crippen LogP) is 3.14. The number of carbonyl (C=O) groups is 1. The van der Waals surface area contributed by atoms with Crippen LogP contribution in [0.3, 0.4) is 0 Å². The molecule has 98 valence electrons. The normalized spacial score (nSPS) is 10.3. The zero-order valence-electron chi connectivity index (χ0n) is 9.87. The van der Waals surface area contributed by atoms with E-state index in [1.54, 1.807) is 18.2 Å². The van der Waals surface area contributed by atoms with E-state index < -0.39 is 11.5 Å². The van der Waals surface area contributed by atoms with E-state index in [9.17, 15) is 9.59 Å². The second kappa shape index (κ2) is 5.47. The fraction of sp³-hybridized carbons (Fsp3) is 0.0769. The maximum absolute atomic E-state index is 12.0. The average molecular weight is 298 g/mol. The standard InChI is InChI=1S/C13H9Cl2NO3/c1-19-13(18)10-6-5-7(12(17)16-10)11-8(14)3-2-4-9(11)15/h2-6H,1H3,(H,16,17). The third-order valence-electron chi connectivity index (χ3n) is 2.55. The first-order chi connectivity index (χ1) is 9.04. The summed E-state index contributed by atoms with van der Waals surface area (Å²) in [5, 5.41) is 0.729. The number of hydrogen-bond acceptors (Lipinski definition) is 3. The van der Waals surface area contributed by atoms with E-state index in [0.29, 0.717) is 21.2 Å². The van der Waals surface area contributed by atoms with E-state index in [0.717, 1.165) is 0 Å². The molecule has 0 radical (unpaired) electrons. The Labute approximate surface area is 118 Å². The molecule has 4 nitrogen and oxygen atoms in total. The van der Waals surface area contributed by atoms with Crippen LogP contribution in [0.25, 0.3) is 11.1 Å². The lowest BCUT2D eigenvalue weighted by Crippen LogP contribution is -2.15. The SMILES string of the molecule is COC(=O)c1ccc(-c2c(Cl)cccc2Cl)c(=O)[nH]1. The zero-order valence-corrected chi connectivity index (χ0v) is 11.4. The van der Waals surface area contributed by atoms with Gasteiger partial charge in [-0.15, -0.1) is 0 Å². The summed E-state index contributed by atoms with van der Waals surface area (Å²) in [5.41, 5.74) is 0.337. The molecule has 0 bridgehead atoms. The highest BCUT2D eigenvalue weighted by molar-refractivity contribution is 6.39. The Hall–Kier alpha value is -1.78. The van der Waals surface area contributed by atoms with Gasteiger partial charge >= 0.3 is 5.97 Å². The van der Waals surface area contributed by atoms with Gasteiger partial charge in [0.25, 0.3) is 5.56 Å². The summed E-state index contributed by atoms with van der Waals surface area (Å²) in [5.74, 6) is -0.617. The second-order valence-electron chi connectivity index (χ2n) is 3.70. The number of aromatic nitrogens is 1. The number of hydrogen-bond donors (Lipinski definition) is 1. The smallest absolute Gasteiger partial charge is 0.354 e. The van der Waals surface area contributed by atoms with Crippen molar-refractivity contribution < 1.29 is 9.53 Å². The molecule has 0 atom stereocenters. The molecule has 0 saturated heterocycles. The number of pyridine rings is 1. The minimum Gasteiger partial charge on any atom is -0.464 e. The summed E-state index contributed by atoms with van der Waals surface area (Å²) < 4.78 is 4.52. The molecule has 0 saturated carbocycles. The third kappa shape index (κ3) is 2.64. The topological polar surface area (TPSA) is 59.2 Å². The van der Waals surface area contributed by atoms with Crippen molar-refractivity contribution in [2.75, 3.05) is 7.11 Å². The molecular formula is C13H9Cl2NO3. The summed E-state index contributed by atoms with van der Waals surface area (Å²) in [6.07, 6.45) is 0. The van der Waals surface area contributed by atoms with Crippen molar-refractivity contribution in [3.05, 3.63) is 56.4 Å². The average Bonchev–Trinajstić information content (AvgIpc) is 2.39. The molecule has 0 aliphatic heterocycles. The number of esters is 1. The Bertz CT molecular complexity index is 674. The third-order valence-corrected chi connectivity index (χ3v) is 3.18. The molecule has 0 spiro atoms. The van der Waals surface area contributed by atoms with Gasteiger partial charge in [-0.3, -0.25) is 4.79 Å². The first-order valence-electron chi connectivity index (χ1n) is 5.30. The van der Waals surface area contributed by atoms with Crippen LogP contribution in [0.4, 0.5) is 0 Å². The van der Waals surface area contributed by atoms with Crippen molar-refractivity contribution in [2.45, 2.75) is 0 Å². The highest BCUT2D eigenvalue weighted by atomic mass is 35.5. The number of nitrogens with one attached hydrogen (secondary N) is 1. The monoisotopic (exact) mass is 297 g/mol. The molecule has 1 aromatic carbocycles. The van der Waals surface area contributed by atoms with Crippen LogP contribution in [0.1, 0.15) is 10.5 Å². The fourth-order valence-corrected chi connectivity index (χ4v) is 2.26. The quantitative estimate of drug-likeness (QED) is 0.866. The van der Waals surface area contributed by atoms with E-state index in [2.05, 4.69) is 9.72 Å². The summed E-state index contributed by atoms with van der Waals surface area (Å²) in [7, 11) is 1.24. The maximum Gasteiger partial charge on any atom is 0.354 e. The minimum atomic E-state index is -0.617. The Balaban J connectivity index is 2.59. The predicted molar refractivity (Wildman–Crippen MR) is 73.9 cm³/mol. The molecule has 0 aliphatic carbocycles. The van der Waals surface area contributed by atoms with E-state index >= 15 is 0 Å². The molecule has 0 unspecified atom stereocenters. The Morgan fingerprint density at radius 2 is 1.79 bits per heavy atom. The van der Waals surface area contributed by atoms with Crippen molar-refractivity contribution in [3.63, 3.8) is 0 Å². The van der Waals surface area contributed by atoms with Gasteiger partial charge in [-0.2, -0.15) is 0 Å². The van der Waals surface area contributed by atoms with Crippen LogP contribution in [0.5, 0.6) is 0 Å². The van der Waals surface area contributed by atoms with Gasteiger partial charge in [0.05, 0.1) is 17.2 Å². The van der Waals surface area contributed by atoms with Crippen LogP contribution < -0.4 is 5.56 Å². The van der Waals surface area contributed by atoms with Crippen LogP contribution in [0.15, 0.2) is 35.1 Å². The molecule has 0 amide bonds. The van der Waals surface area contributed by atoms with Crippen LogP contribution in [-0.4, -0.2) is 18.1 Å². The zero-order chi connectivity index (χ0) is 14.0. The lowest BCUT2D eigenvalue weighted by molar-refractivity contribution is 0.0594. The number of ether oxygens (including phenoxy) is 1. The van der Waals surface area contributed by atoms with E-state index in [1.165, 1.54) is 19.2 Å². The van der Waals surface area contributed by atoms with E-state index in [4.69, 9.17) is 23.2 Å². The van der Waals surface area contributed by atoms with E-state index in [1.807, 2.05) is 0 Å². The number of rotatable bonds is 2. The largest absolute Gasteiger partial charge is 0.464 e. The Morgan fingerprint density at radius 1 is 1.16 bits per heavy atom. The van der Waals surface area contributed by atoms with Crippen molar-refractivity contribution in [1.29, 1.82) is 0 Å². The van der Waals surface area contributed by atoms with Gasteiger partial charge in [-0.25, -0.2) is 4.79 Å². The van der Waals surface area contributed by atoms with Crippen molar-refractivity contribution in [3.8, 4) is 11.1 Å². The van der Waals surface area contributed by atoms with Gasteiger partial charge in [0.15, 0.2) is 0 Å².